The molecule has 1 amide bonds. The normalized spacial score (nSPS) is 20.2. The van der Waals surface area contributed by atoms with Gasteiger partial charge in [0.1, 0.15) is 11.4 Å². The van der Waals surface area contributed by atoms with Crippen molar-refractivity contribution in [3.05, 3.63) is 41.7 Å². The molecule has 0 saturated carbocycles. The fourth-order valence-electron chi connectivity index (χ4n) is 4.40. The Morgan fingerprint density at radius 2 is 1.93 bits per heavy atom. The molecule has 3 heterocycles. The van der Waals surface area contributed by atoms with Crippen LogP contribution in [0.15, 0.2) is 30.3 Å². The number of hydrogen-bond acceptors (Lipinski definition) is 6. The van der Waals surface area contributed by atoms with Gasteiger partial charge in [0.15, 0.2) is 0 Å². The summed E-state index contributed by atoms with van der Waals surface area (Å²) in [5, 5.41) is 11.6. The summed E-state index contributed by atoms with van der Waals surface area (Å²) in [6, 6.07) is 10.4. The van der Waals surface area contributed by atoms with Crippen LogP contribution in [0, 0.1) is 6.92 Å². The summed E-state index contributed by atoms with van der Waals surface area (Å²) >= 11 is 0. The van der Waals surface area contributed by atoms with Gasteiger partial charge in [-0.3, -0.25) is 0 Å². The molecule has 1 atom stereocenters. The first kappa shape index (κ1) is 19.8. The number of amides is 1. The Morgan fingerprint density at radius 3 is 2.62 bits per heavy atom. The minimum absolute atomic E-state index is 0.157. The molecule has 2 fully saturated rings. The molecular weight excluding hydrogens is 368 g/mol. The van der Waals surface area contributed by atoms with Crippen LogP contribution in [-0.4, -0.2) is 74.4 Å². The number of piperidine rings is 1. The van der Waals surface area contributed by atoms with Crippen LogP contribution in [0.4, 0.5) is 4.79 Å². The summed E-state index contributed by atoms with van der Waals surface area (Å²) in [7, 11) is 0. The molecule has 4 rings (SSSR count). The van der Waals surface area contributed by atoms with Gasteiger partial charge < -0.3 is 14.5 Å². The zero-order valence-corrected chi connectivity index (χ0v) is 17.3. The summed E-state index contributed by atoms with van der Waals surface area (Å²) in [5.74, 6) is 1.15. The lowest BCUT2D eigenvalue weighted by Gasteiger charge is -2.37. The molecule has 2 saturated heterocycles. The van der Waals surface area contributed by atoms with Crippen LogP contribution >= 0.6 is 0 Å². The predicted molar refractivity (Wildman–Crippen MR) is 108 cm³/mol. The van der Waals surface area contributed by atoms with Crippen molar-refractivity contribution in [2.24, 2.45) is 0 Å². The van der Waals surface area contributed by atoms with Crippen LogP contribution in [-0.2, 0) is 11.3 Å². The number of hydrogen-bond donors (Lipinski definition) is 0. The third-order valence-electron chi connectivity index (χ3n) is 6.23. The van der Waals surface area contributed by atoms with Crippen molar-refractivity contribution in [2.45, 2.75) is 51.2 Å². The molecule has 0 aliphatic carbocycles. The predicted octanol–water partition coefficient (Wildman–Crippen LogP) is 2.46. The lowest BCUT2D eigenvalue weighted by molar-refractivity contribution is 0.000266. The van der Waals surface area contributed by atoms with E-state index in [4.69, 9.17) is 4.74 Å². The fraction of sp³-hybridized carbons (Fsp3) is 0.619. The molecular formula is C21H30N6O2. The molecule has 0 unspecified atom stereocenters. The summed E-state index contributed by atoms with van der Waals surface area (Å²) in [4.78, 5) is 16.8. The quantitative estimate of drug-likeness (QED) is 0.713. The Balaban J connectivity index is 1.24. The molecule has 0 radical (unpaired) electrons. The lowest BCUT2D eigenvalue weighted by Crippen LogP contribution is -2.47. The Morgan fingerprint density at radius 1 is 1.17 bits per heavy atom. The van der Waals surface area contributed by atoms with Crippen LogP contribution in [0.5, 0.6) is 0 Å². The van der Waals surface area contributed by atoms with Crippen LogP contribution in [0.1, 0.15) is 43.5 Å². The second-order valence-corrected chi connectivity index (χ2v) is 8.39. The van der Waals surface area contributed by atoms with E-state index < -0.39 is 0 Å². The van der Waals surface area contributed by atoms with Gasteiger partial charge in [-0.05, 0) is 41.8 Å². The summed E-state index contributed by atoms with van der Waals surface area (Å²) < 4.78 is 7.74. The zero-order chi connectivity index (χ0) is 20.3. The zero-order valence-electron chi connectivity index (χ0n) is 17.3. The Kier molecular flexibility index (Phi) is 5.80. The van der Waals surface area contributed by atoms with Gasteiger partial charge >= 0.3 is 6.09 Å². The number of tetrazole rings is 1. The molecule has 1 spiro atoms. The maximum absolute atomic E-state index is 12.5. The van der Waals surface area contributed by atoms with Gasteiger partial charge in [-0.25, -0.2) is 9.48 Å². The molecule has 8 heteroatoms. The monoisotopic (exact) mass is 398 g/mol. The highest BCUT2D eigenvalue weighted by atomic mass is 16.6. The number of carbonyl (C=O) groups is 1. The Hall–Kier alpha value is -2.48. The number of aryl methyl sites for hydroxylation is 2. The Bertz CT molecular complexity index is 816. The number of carbonyl (C=O) groups excluding carboxylic acids is 1. The average Bonchev–Trinajstić information content (AvgIpc) is 3.27. The standard InChI is InChI=1S/C21H30N6O2/c1-17(19-7-4-3-5-8-19)15-26-16-21(29-20(26)28)9-13-25(14-10-21)11-6-12-27-18(2)22-23-24-27/h3-5,7-8,17H,6,9-16H2,1-2H3/t17-/m1/s1. The minimum atomic E-state index is -0.309. The number of nitrogens with zero attached hydrogens (tertiary/aromatic N) is 6. The lowest BCUT2D eigenvalue weighted by atomic mass is 9.91. The molecule has 0 N–H and O–H groups in total. The first-order chi connectivity index (χ1) is 14.0. The van der Waals surface area contributed by atoms with Crippen LogP contribution in [0.2, 0.25) is 0 Å². The van der Waals surface area contributed by atoms with Gasteiger partial charge in [0.25, 0.3) is 0 Å². The maximum atomic E-state index is 12.5. The smallest absolute Gasteiger partial charge is 0.410 e. The second kappa shape index (κ2) is 8.49. The minimum Gasteiger partial charge on any atom is -0.441 e. The van der Waals surface area contributed by atoms with Gasteiger partial charge in [-0.15, -0.1) is 5.10 Å². The second-order valence-electron chi connectivity index (χ2n) is 8.39. The van der Waals surface area contributed by atoms with Crippen molar-refractivity contribution >= 4 is 6.09 Å². The van der Waals surface area contributed by atoms with E-state index >= 15 is 0 Å². The molecule has 0 bridgehead atoms. The fourth-order valence-corrected chi connectivity index (χ4v) is 4.40. The highest BCUT2D eigenvalue weighted by Crippen LogP contribution is 2.34. The van der Waals surface area contributed by atoms with Gasteiger partial charge in [0, 0.05) is 39.0 Å². The van der Waals surface area contributed by atoms with E-state index in [9.17, 15) is 4.79 Å². The molecule has 29 heavy (non-hydrogen) atoms. The van der Waals surface area contributed by atoms with E-state index in [0.29, 0.717) is 19.0 Å². The number of ether oxygens (including phenoxy) is 1. The SMILES string of the molecule is Cc1nnnn1CCCN1CCC2(CC1)CN(C[C@@H](C)c1ccccc1)C(=O)O2. The number of aromatic nitrogens is 4. The van der Waals surface area contributed by atoms with Gasteiger partial charge in [0.2, 0.25) is 0 Å². The molecule has 1 aromatic heterocycles. The number of rotatable bonds is 7. The van der Waals surface area contributed by atoms with Crippen molar-refractivity contribution < 1.29 is 9.53 Å². The third-order valence-corrected chi connectivity index (χ3v) is 6.23. The van der Waals surface area contributed by atoms with E-state index in [0.717, 1.165) is 51.3 Å². The van der Waals surface area contributed by atoms with E-state index in [2.05, 4.69) is 39.5 Å². The van der Waals surface area contributed by atoms with Crippen LogP contribution < -0.4 is 0 Å². The van der Waals surface area contributed by atoms with Gasteiger partial charge in [-0.1, -0.05) is 37.3 Å². The van der Waals surface area contributed by atoms with Crippen LogP contribution in [0.25, 0.3) is 0 Å². The van der Waals surface area contributed by atoms with Crippen molar-refractivity contribution in [2.75, 3.05) is 32.7 Å². The highest BCUT2D eigenvalue weighted by molar-refractivity contribution is 5.70. The molecule has 8 nitrogen and oxygen atoms in total. The van der Waals surface area contributed by atoms with Gasteiger partial charge in [-0.2, -0.15) is 0 Å². The first-order valence-corrected chi connectivity index (χ1v) is 10.5. The van der Waals surface area contributed by atoms with Crippen molar-refractivity contribution in [3.8, 4) is 0 Å². The van der Waals surface area contributed by atoms with E-state index in [1.54, 1.807) is 0 Å². The summed E-state index contributed by atoms with van der Waals surface area (Å²) in [5.41, 5.74) is 0.949. The number of likely N-dealkylation sites (tertiary alicyclic amines) is 1. The van der Waals surface area contributed by atoms with Crippen LogP contribution in [0.3, 0.4) is 0 Å². The summed E-state index contributed by atoms with van der Waals surface area (Å²) in [6.07, 6.45) is 2.66. The van der Waals surface area contributed by atoms with Crippen molar-refractivity contribution in [1.82, 2.24) is 30.0 Å². The topological polar surface area (TPSA) is 76.4 Å². The third kappa shape index (κ3) is 4.58. The maximum Gasteiger partial charge on any atom is 0.410 e. The Labute approximate surface area is 171 Å². The number of benzene rings is 1. The molecule has 2 aliphatic heterocycles. The van der Waals surface area contributed by atoms with Gasteiger partial charge in [0.05, 0.1) is 6.54 Å². The van der Waals surface area contributed by atoms with E-state index in [1.807, 2.05) is 34.7 Å². The molecule has 156 valence electrons. The summed E-state index contributed by atoms with van der Waals surface area (Å²) in [6.45, 7) is 9.28. The van der Waals surface area contributed by atoms with E-state index in [1.165, 1.54) is 5.56 Å². The van der Waals surface area contributed by atoms with Crippen molar-refractivity contribution in [1.29, 1.82) is 0 Å². The molecule has 2 aromatic rings. The molecule has 1 aromatic carbocycles. The molecule has 2 aliphatic rings. The highest BCUT2D eigenvalue weighted by Gasteiger charge is 2.46. The van der Waals surface area contributed by atoms with E-state index in [-0.39, 0.29) is 11.7 Å². The average molecular weight is 399 g/mol. The largest absolute Gasteiger partial charge is 0.441 e. The van der Waals surface area contributed by atoms with Crippen molar-refractivity contribution in [3.63, 3.8) is 0 Å². The first-order valence-electron chi connectivity index (χ1n) is 10.5.